The maximum atomic E-state index is 13.2. The van der Waals surface area contributed by atoms with Gasteiger partial charge in [-0.05, 0) is 70.8 Å². The molecule has 4 aromatic rings. The zero-order valence-electron chi connectivity index (χ0n) is 28.9. The molecule has 9 nitrogen and oxygen atoms in total. The number of piperazine rings is 1. The number of H-pyrrole nitrogens is 1. The van der Waals surface area contributed by atoms with Crippen molar-refractivity contribution in [2.75, 3.05) is 38.5 Å². The Hall–Kier alpha value is -3.46. The van der Waals surface area contributed by atoms with Crippen LogP contribution in [0.4, 0.5) is 5.82 Å². The summed E-state index contributed by atoms with van der Waals surface area (Å²) < 4.78 is 47.2. The fourth-order valence-electron chi connectivity index (χ4n) is 5.61. The first-order chi connectivity index (χ1) is 20.5. The number of fused-ring (bicyclic) bond motifs is 2. The van der Waals surface area contributed by atoms with Gasteiger partial charge in [-0.2, -0.15) is 5.10 Å². The van der Waals surface area contributed by atoms with Gasteiger partial charge in [-0.25, -0.2) is 14.5 Å². The van der Waals surface area contributed by atoms with E-state index in [1.54, 1.807) is 15.7 Å². The standard InChI is InChI=1S/C29H40N8O/c1-17(2)26-27(22-15-37-29(30-16-31-37)21(6)20(22)5)32-23-9-10-24(33-28(23)26)35-13-19(4)36(14-18(35)3)25(38)11-12-34(7)8/h9-10,15-19,32H,11-14H2,1-8H3/t18-,19+/m0/s1/i7D3,8D3. The summed E-state index contributed by atoms with van der Waals surface area (Å²) in [5.74, 6) is 0.730. The average Bonchev–Trinajstić information content (AvgIpc) is 3.54. The highest BCUT2D eigenvalue weighted by Crippen LogP contribution is 2.38. The zero-order chi connectivity index (χ0) is 32.3. The molecule has 0 spiro atoms. The molecule has 0 saturated carbocycles. The Morgan fingerprint density at radius 1 is 1.18 bits per heavy atom. The number of hydrogen-bond acceptors (Lipinski definition) is 6. The lowest BCUT2D eigenvalue weighted by molar-refractivity contribution is -0.134. The minimum absolute atomic E-state index is 0.0676. The zero-order valence-corrected chi connectivity index (χ0v) is 22.9. The average molecular weight is 523 g/mol. The van der Waals surface area contributed by atoms with Crippen LogP contribution in [-0.2, 0) is 4.79 Å². The summed E-state index contributed by atoms with van der Waals surface area (Å²) in [6.07, 6.45) is 3.38. The Morgan fingerprint density at radius 3 is 2.71 bits per heavy atom. The Labute approximate surface area is 233 Å². The number of hydrogen-bond donors (Lipinski definition) is 1. The predicted octanol–water partition coefficient (Wildman–Crippen LogP) is 4.39. The van der Waals surface area contributed by atoms with Crippen molar-refractivity contribution < 1.29 is 13.0 Å². The first-order valence-electron chi connectivity index (χ1n) is 16.2. The van der Waals surface area contributed by atoms with E-state index in [1.165, 1.54) is 0 Å². The topological polar surface area (TPSA) is 85.7 Å². The number of anilines is 1. The molecule has 0 aromatic carbocycles. The number of pyridine rings is 2. The van der Waals surface area contributed by atoms with E-state index >= 15 is 0 Å². The number of amides is 1. The number of aryl methyl sites for hydroxylation is 1. The minimum Gasteiger partial charge on any atom is -0.353 e. The van der Waals surface area contributed by atoms with Crippen molar-refractivity contribution in [1.82, 2.24) is 34.4 Å². The smallest absolute Gasteiger partial charge is 0.224 e. The largest absolute Gasteiger partial charge is 0.353 e. The summed E-state index contributed by atoms with van der Waals surface area (Å²) in [4.78, 5) is 30.7. The number of aromatic nitrogens is 5. The second-order valence-corrected chi connectivity index (χ2v) is 10.8. The molecule has 1 aliphatic heterocycles. The first-order valence-corrected chi connectivity index (χ1v) is 13.2. The van der Waals surface area contributed by atoms with E-state index in [0.717, 1.165) is 50.4 Å². The maximum Gasteiger partial charge on any atom is 0.224 e. The molecule has 1 aliphatic rings. The number of rotatable bonds is 6. The van der Waals surface area contributed by atoms with Crippen LogP contribution in [0.2, 0.25) is 0 Å². The van der Waals surface area contributed by atoms with Crippen LogP contribution in [0.15, 0.2) is 24.7 Å². The van der Waals surface area contributed by atoms with Crippen molar-refractivity contribution in [2.24, 2.45) is 0 Å². The first kappa shape index (κ1) is 19.6. The van der Waals surface area contributed by atoms with Crippen molar-refractivity contribution >= 4 is 28.4 Å². The summed E-state index contributed by atoms with van der Waals surface area (Å²) in [7, 11) is 0. The van der Waals surface area contributed by atoms with Gasteiger partial charge in [0.15, 0.2) is 5.65 Å². The van der Waals surface area contributed by atoms with Gasteiger partial charge < -0.3 is 19.7 Å². The highest BCUT2D eigenvalue weighted by atomic mass is 16.2. The molecule has 1 N–H and O–H groups in total. The molecule has 0 unspecified atom stereocenters. The lowest BCUT2D eigenvalue weighted by Gasteiger charge is -2.45. The molecule has 0 radical (unpaired) electrons. The molecular weight excluding hydrogens is 476 g/mol. The van der Waals surface area contributed by atoms with E-state index in [-0.39, 0.29) is 36.9 Å². The van der Waals surface area contributed by atoms with Crippen LogP contribution in [0.1, 0.15) is 64.9 Å². The van der Waals surface area contributed by atoms with Gasteiger partial charge in [0.2, 0.25) is 5.91 Å². The molecule has 9 heteroatoms. The van der Waals surface area contributed by atoms with Crippen LogP contribution >= 0.6 is 0 Å². The van der Waals surface area contributed by atoms with Crippen molar-refractivity contribution in [3.8, 4) is 11.3 Å². The Bertz CT molecular complexity index is 1680. The van der Waals surface area contributed by atoms with E-state index in [2.05, 4.69) is 53.7 Å². The Kier molecular flexibility index (Phi) is 5.16. The van der Waals surface area contributed by atoms with Crippen LogP contribution in [0, 0.1) is 13.8 Å². The van der Waals surface area contributed by atoms with Crippen LogP contribution in [0.5, 0.6) is 0 Å². The van der Waals surface area contributed by atoms with Gasteiger partial charge in [0.25, 0.3) is 0 Å². The van der Waals surface area contributed by atoms with Gasteiger partial charge in [0.1, 0.15) is 12.1 Å². The van der Waals surface area contributed by atoms with Crippen molar-refractivity contribution in [3.63, 3.8) is 0 Å². The van der Waals surface area contributed by atoms with E-state index in [9.17, 15) is 4.79 Å². The quantitative estimate of drug-likeness (QED) is 0.404. The van der Waals surface area contributed by atoms with E-state index < -0.39 is 14.0 Å². The van der Waals surface area contributed by atoms with E-state index in [4.69, 9.17) is 13.2 Å². The SMILES string of the molecule is [2H]C([2H])([2H])N(CCC(=O)N1C[C@H](C)N(c2ccc3[nH]c(-c4cn5ncnc5c(C)c4C)c(C(C)C)c3n2)C[C@H]1C)C([2H])([2H])[2H]. The van der Waals surface area contributed by atoms with Gasteiger partial charge >= 0.3 is 0 Å². The monoisotopic (exact) mass is 522 g/mol. The normalized spacial score (nSPS) is 21.5. The van der Waals surface area contributed by atoms with Gasteiger partial charge in [-0.1, -0.05) is 13.8 Å². The molecule has 5 rings (SSSR count). The molecule has 0 aliphatic carbocycles. The molecule has 1 amide bonds. The highest BCUT2D eigenvalue weighted by Gasteiger charge is 2.33. The van der Waals surface area contributed by atoms with Gasteiger partial charge in [-0.3, -0.25) is 4.79 Å². The fraction of sp³-hybridized carbons (Fsp3) is 0.517. The van der Waals surface area contributed by atoms with Crippen molar-refractivity contribution in [3.05, 3.63) is 41.3 Å². The third-order valence-electron chi connectivity index (χ3n) is 7.79. The third-order valence-corrected chi connectivity index (χ3v) is 7.79. The van der Waals surface area contributed by atoms with Crippen LogP contribution in [0.3, 0.4) is 0 Å². The molecule has 5 heterocycles. The molecule has 202 valence electrons. The van der Waals surface area contributed by atoms with Gasteiger partial charge in [0.05, 0.1) is 16.7 Å². The van der Waals surface area contributed by atoms with Gasteiger partial charge in [-0.15, -0.1) is 0 Å². The Balaban J connectivity index is 1.41. The van der Waals surface area contributed by atoms with Crippen molar-refractivity contribution in [2.45, 2.75) is 66.0 Å². The van der Waals surface area contributed by atoms with Crippen LogP contribution in [-0.4, -0.2) is 85.9 Å². The van der Waals surface area contributed by atoms with Crippen LogP contribution < -0.4 is 4.90 Å². The van der Waals surface area contributed by atoms with E-state index in [1.807, 2.05) is 26.1 Å². The number of carbonyl (C=O) groups is 1. The minimum atomic E-state index is -2.82. The number of aromatic amines is 1. The lowest BCUT2D eigenvalue weighted by Crippen LogP contribution is -2.58. The molecule has 0 bridgehead atoms. The summed E-state index contributed by atoms with van der Waals surface area (Å²) in [6, 6.07) is 3.80. The molecular formula is C29H40N8O. The molecule has 38 heavy (non-hydrogen) atoms. The van der Waals surface area contributed by atoms with Gasteiger partial charge in [0, 0.05) is 63.7 Å². The third kappa shape index (κ3) is 4.53. The molecule has 2 atom stereocenters. The highest BCUT2D eigenvalue weighted by molar-refractivity contribution is 5.90. The fourth-order valence-corrected chi connectivity index (χ4v) is 5.61. The molecule has 4 aromatic heterocycles. The van der Waals surface area contributed by atoms with Crippen LogP contribution in [0.25, 0.3) is 27.9 Å². The molecule has 1 fully saturated rings. The number of carbonyl (C=O) groups excluding carboxylic acids is 1. The lowest BCUT2D eigenvalue weighted by atomic mass is 9.95. The second kappa shape index (κ2) is 10.0. The second-order valence-electron chi connectivity index (χ2n) is 10.8. The van der Waals surface area contributed by atoms with Crippen molar-refractivity contribution in [1.29, 1.82) is 0 Å². The molecule has 1 saturated heterocycles. The summed E-state index contributed by atoms with van der Waals surface area (Å²) in [6.45, 7) is 7.37. The summed E-state index contributed by atoms with van der Waals surface area (Å²) in [5, 5.41) is 4.37. The van der Waals surface area contributed by atoms with E-state index in [0.29, 0.717) is 18.0 Å². The maximum absolute atomic E-state index is 13.2. The Morgan fingerprint density at radius 2 is 1.97 bits per heavy atom. The predicted molar refractivity (Wildman–Crippen MR) is 153 cm³/mol. The summed E-state index contributed by atoms with van der Waals surface area (Å²) >= 11 is 0. The number of nitrogens with zero attached hydrogens (tertiary/aromatic N) is 7. The summed E-state index contributed by atoms with van der Waals surface area (Å²) in [5.41, 5.74) is 8.05. The number of nitrogens with one attached hydrogen (secondary N) is 1.